The van der Waals surface area contributed by atoms with E-state index in [4.69, 9.17) is 4.98 Å². The lowest BCUT2D eigenvalue weighted by Crippen LogP contribution is -2.25. The number of hydrogen-bond donors (Lipinski definition) is 1. The predicted molar refractivity (Wildman–Crippen MR) is 133 cm³/mol. The Balaban J connectivity index is 1.44. The Hall–Kier alpha value is -3.38. The van der Waals surface area contributed by atoms with Crippen LogP contribution in [-0.4, -0.2) is 21.5 Å². The van der Waals surface area contributed by atoms with E-state index in [1.807, 2.05) is 54.6 Å². The van der Waals surface area contributed by atoms with Gasteiger partial charge in [-0.25, -0.2) is 4.98 Å². The van der Waals surface area contributed by atoms with Crippen LogP contribution in [0.3, 0.4) is 0 Å². The molecule has 4 aromatic rings. The minimum absolute atomic E-state index is 0.0389. The van der Waals surface area contributed by atoms with Gasteiger partial charge in [-0.05, 0) is 55.2 Å². The van der Waals surface area contributed by atoms with Gasteiger partial charge in [0, 0.05) is 17.4 Å². The number of carbonyl (C=O) groups excluding carboxylic acids is 1. The third kappa shape index (κ3) is 5.01. The van der Waals surface area contributed by atoms with Gasteiger partial charge in [0.25, 0.3) is 11.5 Å². The topological polar surface area (TPSA) is 64.0 Å². The number of amides is 1. The van der Waals surface area contributed by atoms with Crippen LogP contribution in [0.5, 0.6) is 0 Å². The number of benzene rings is 3. The molecule has 5 rings (SSSR count). The Kier molecular flexibility index (Phi) is 6.01. The van der Waals surface area contributed by atoms with E-state index in [-0.39, 0.29) is 11.5 Å². The minimum Gasteiger partial charge on any atom is -0.349 e. The van der Waals surface area contributed by atoms with Crippen molar-refractivity contribution in [2.75, 3.05) is 0 Å². The van der Waals surface area contributed by atoms with Crippen LogP contribution in [0.25, 0.3) is 10.9 Å². The largest absolute Gasteiger partial charge is 0.349 e. The number of thioether (sulfide) groups is 1. The summed E-state index contributed by atoms with van der Waals surface area (Å²) in [6.45, 7) is 2.48. The van der Waals surface area contributed by atoms with E-state index in [9.17, 15) is 9.59 Å². The highest BCUT2D eigenvalue weighted by Crippen LogP contribution is 2.24. The van der Waals surface area contributed by atoms with Crippen molar-refractivity contribution in [1.82, 2.24) is 14.9 Å². The summed E-state index contributed by atoms with van der Waals surface area (Å²) in [5, 5.41) is 4.31. The molecule has 3 aromatic carbocycles. The van der Waals surface area contributed by atoms with Crippen molar-refractivity contribution in [2.24, 2.45) is 0 Å². The fraction of sp³-hybridized carbons (Fsp3) is 0.222. The number of para-hydroxylation sites is 1. The second-order valence-corrected chi connectivity index (χ2v) is 9.47. The van der Waals surface area contributed by atoms with Crippen LogP contribution in [0.4, 0.5) is 0 Å². The molecule has 1 saturated carbocycles. The molecule has 0 aliphatic heterocycles. The molecular weight excluding hydrogens is 430 g/mol. The lowest BCUT2D eigenvalue weighted by atomic mass is 10.1. The molecule has 0 radical (unpaired) electrons. The zero-order valence-electron chi connectivity index (χ0n) is 18.5. The molecule has 6 heteroatoms. The van der Waals surface area contributed by atoms with Crippen molar-refractivity contribution >= 4 is 28.6 Å². The normalized spacial score (nSPS) is 13.2. The molecule has 0 atom stereocenters. The molecule has 1 amide bonds. The first-order valence-electron chi connectivity index (χ1n) is 11.1. The summed E-state index contributed by atoms with van der Waals surface area (Å²) in [4.78, 5) is 30.5. The van der Waals surface area contributed by atoms with Crippen molar-refractivity contribution in [3.63, 3.8) is 0 Å². The van der Waals surface area contributed by atoms with Crippen LogP contribution in [0.1, 0.15) is 39.9 Å². The summed E-state index contributed by atoms with van der Waals surface area (Å²) in [5.41, 5.74) is 4.65. The molecule has 1 N–H and O–H groups in total. The molecule has 1 heterocycles. The van der Waals surface area contributed by atoms with Gasteiger partial charge >= 0.3 is 0 Å². The number of aromatic nitrogens is 2. The van der Waals surface area contributed by atoms with Crippen LogP contribution >= 0.6 is 11.8 Å². The van der Waals surface area contributed by atoms with Crippen molar-refractivity contribution < 1.29 is 4.79 Å². The molecule has 0 unspecified atom stereocenters. The second kappa shape index (κ2) is 9.24. The zero-order valence-corrected chi connectivity index (χ0v) is 19.3. The monoisotopic (exact) mass is 455 g/mol. The smallest absolute Gasteiger partial charge is 0.262 e. The first-order chi connectivity index (χ1) is 16.1. The maximum atomic E-state index is 13.4. The van der Waals surface area contributed by atoms with Crippen LogP contribution in [0.2, 0.25) is 0 Å². The fourth-order valence-corrected chi connectivity index (χ4v) is 4.73. The zero-order chi connectivity index (χ0) is 22.8. The fourth-order valence-electron chi connectivity index (χ4n) is 3.79. The summed E-state index contributed by atoms with van der Waals surface area (Å²) in [6.07, 6.45) is 2.12. The Morgan fingerprint density at radius 2 is 1.82 bits per heavy atom. The van der Waals surface area contributed by atoms with E-state index in [0.717, 1.165) is 24.2 Å². The quantitative estimate of drug-likeness (QED) is 0.317. The van der Waals surface area contributed by atoms with Crippen molar-refractivity contribution in [3.8, 4) is 0 Å². The summed E-state index contributed by atoms with van der Waals surface area (Å²) >= 11 is 1.57. The van der Waals surface area contributed by atoms with Crippen LogP contribution in [0, 0.1) is 6.92 Å². The average molecular weight is 456 g/mol. The predicted octanol–water partition coefficient (Wildman–Crippen LogP) is 4.94. The highest BCUT2D eigenvalue weighted by atomic mass is 32.2. The molecule has 1 aliphatic rings. The third-order valence-electron chi connectivity index (χ3n) is 5.75. The van der Waals surface area contributed by atoms with Gasteiger partial charge in [-0.1, -0.05) is 65.9 Å². The number of rotatable bonds is 7. The first kappa shape index (κ1) is 21.5. The number of nitrogens with one attached hydrogen (secondary N) is 1. The highest BCUT2D eigenvalue weighted by Gasteiger charge is 2.23. The van der Waals surface area contributed by atoms with E-state index < -0.39 is 0 Å². The van der Waals surface area contributed by atoms with E-state index in [1.54, 1.807) is 16.3 Å². The first-order valence-corrected chi connectivity index (χ1v) is 12.1. The molecule has 33 heavy (non-hydrogen) atoms. The van der Waals surface area contributed by atoms with E-state index in [2.05, 4.69) is 30.4 Å². The molecule has 166 valence electrons. The average Bonchev–Trinajstić information content (AvgIpc) is 3.64. The second-order valence-electron chi connectivity index (χ2n) is 8.53. The van der Waals surface area contributed by atoms with Gasteiger partial charge < -0.3 is 5.32 Å². The molecule has 5 nitrogen and oxygen atoms in total. The maximum absolute atomic E-state index is 13.4. The Bertz CT molecular complexity index is 1370. The van der Waals surface area contributed by atoms with E-state index >= 15 is 0 Å². The number of hydrogen-bond acceptors (Lipinski definition) is 4. The van der Waals surface area contributed by atoms with Gasteiger partial charge in [0.05, 0.1) is 17.4 Å². The molecular formula is C27H25N3O2S. The summed E-state index contributed by atoms with van der Waals surface area (Å²) in [6, 6.07) is 23.6. The summed E-state index contributed by atoms with van der Waals surface area (Å²) in [5.74, 6) is 0.690. The number of nitrogens with zero attached hydrogens (tertiary/aromatic N) is 2. The highest BCUT2D eigenvalue weighted by molar-refractivity contribution is 7.98. The lowest BCUT2D eigenvalue weighted by molar-refractivity contribution is 0.0951. The Labute approximate surface area is 196 Å². The van der Waals surface area contributed by atoms with E-state index in [1.165, 1.54) is 11.1 Å². The lowest BCUT2D eigenvalue weighted by Gasteiger charge is -2.14. The molecule has 1 aliphatic carbocycles. The van der Waals surface area contributed by atoms with Gasteiger partial charge in [-0.2, -0.15) is 0 Å². The molecule has 0 spiro atoms. The molecule has 1 fully saturated rings. The van der Waals surface area contributed by atoms with E-state index in [0.29, 0.717) is 34.2 Å². The van der Waals surface area contributed by atoms with Crippen molar-refractivity contribution in [3.05, 3.63) is 105 Å². The number of carbonyl (C=O) groups is 1. The van der Waals surface area contributed by atoms with Gasteiger partial charge in [0.1, 0.15) is 0 Å². The van der Waals surface area contributed by atoms with Crippen molar-refractivity contribution in [1.29, 1.82) is 0 Å². The summed E-state index contributed by atoms with van der Waals surface area (Å²) < 4.78 is 1.74. The van der Waals surface area contributed by atoms with Gasteiger partial charge in [0.15, 0.2) is 5.16 Å². The Morgan fingerprint density at radius 3 is 2.58 bits per heavy atom. The SMILES string of the molecule is Cc1cccc(CSc2nc3ccccc3c(=O)n2Cc2ccc(C(=O)NC3CC3)cc2)c1. The Morgan fingerprint density at radius 1 is 1.03 bits per heavy atom. The van der Waals surface area contributed by atoms with Crippen LogP contribution in [0.15, 0.2) is 82.7 Å². The van der Waals surface area contributed by atoms with Crippen molar-refractivity contribution in [2.45, 2.75) is 43.3 Å². The number of aryl methyl sites for hydroxylation is 1. The van der Waals surface area contributed by atoms with Crippen LogP contribution in [-0.2, 0) is 12.3 Å². The molecule has 1 aromatic heterocycles. The minimum atomic E-state index is -0.0529. The summed E-state index contributed by atoms with van der Waals surface area (Å²) in [7, 11) is 0. The molecule has 0 bridgehead atoms. The standard InChI is InChI=1S/C27H25N3O2S/c1-18-5-4-6-20(15-18)17-33-27-29-24-8-3-2-7-23(24)26(32)30(27)16-19-9-11-21(12-10-19)25(31)28-22-13-14-22/h2-12,15,22H,13-14,16-17H2,1H3,(H,28,31). The van der Waals surface area contributed by atoms with Crippen LogP contribution < -0.4 is 10.9 Å². The van der Waals surface area contributed by atoms with Gasteiger partial charge in [-0.3, -0.25) is 14.2 Å². The third-order valence-corrected chi connectivity index (χ3v) is 6.79. The molecule has 0 saturated heterocycles. The maximum Gasteiger partial charge on any atom is 0.262 e. The van der Waals surface area contributed by atoms with Gasteiger partial charge in [0.2, 0.25) is 0 Å². The van der Waals surface area contributed by atoms with Gasteiger partial charge in [-0.15, -0.1) is 0 Å². The number of fused-ring (bicyclic) bond motifs is 1.